The zero-order chi connectivity index (χ0) is 16.9. The third kappa shape index (κ3) is 2.75. The van der Waals surface area contributed by atoms with Gasteiger partial charge in [-0.15, -0.1) is 0 Å². The van der Waals surface area contributed by atoms with E-state index in [1.54, 1.807) is 4.31 Å². The Hall–Kier alpha value is -1.41. The van der Waals surface area contributed by atoms with Gasteiger partial charge >= 0.3 is 0 Å². The summed E-state index contributed by atoms with van der Waals surface area (Å²) < 4.78 is 25.5. The van der Waals surface area contributed by atoms with Gasteiger partial charge in [0.25, 0.3) is 5.91 Å². The molecule has 2 atom stereocenters. The van der Waals surface area contributed by atoms with Crippen molar-refractivity contribution in [3.63, 3.8) is 0 Å². The molecule has 4 heterocycles. The maximum absolute atomic E-state index is 13.1. The van der Waals surface area contributed by atoms with E-state index in [9.17, 15) is 13.2 Å². The summed E-state index contributed by atoms with van der Waals surface area (Å²) in [5, 5.41) is 7.34. The van der Waals surface area contributed by atoms with Crippen molar-refractivity contribution in [1.29, 1.82) is 0 Å². The first kappa shape index (κ1) is 16.1. The number of hydrogen-bond donors (Lipinski definition) is 1. The van der Waals surface area contributed by atoms with Gasteiger partial charge in [0, 0.05) is 36.9 Å². The first-order valence-electron chi connectivity index (χ1n) is 8.75. The molecule has 24 heavy (non-hydrogen) atoms. The lowest BCUT2D eigenvalue weighted by Crippen LogP contribution is -2.48. The predicted octanol–water partition coefficient (Wildman–Crippen LogP) is 0.785. The van der Waals surface area contributed by atoms with Gasteiger partial charge in [-0.2, -0.15) is 9.40 Å². The second kappa shape index (κ2) is 5.84. The standard InChI is InChI=1S/C16H24N4O3S/c1-24(22,23)19-8-11-6-7-12(10-19)20(9-11)16(21)15-13-4-2-3-5-14(13)17-18-15/h11-12H,2-10H2,1H3,(H,17,18)/t11-,12+/m1/s1. The van der Waals surface area contributed by atoms with Gasteiger partial charge in [-0.05, 0) is 44.4 Å². The lowest BCUT2D eigenvalue weighted by Gasteiger charge is -2.36. The number of H-pyrrole nitrogens is 1. The third-order valence-electron chi connectivity index (χ3n) is 5.67. The number of nitrogens with one attached hydrogen (secondary N) is 1. The number of sulfonamides is 1. The number of carbonyl (C=O) groups excluding carboxylic acids is 1. The molecule has 0 saturated carbocycles. The predicted molar refractivity (Wildman–Crippen MR) is 89.2 cm³/mol. The highest BCUT2D eigenvalue weighted by Gasteiger charge is 2.41. The van der Waals surface area contributed by atoms with Crippen molar-refractivity contribution in [1.82, 2.24) is 19.4 Å². The van der Waals surface area contributed by atoms with E-state index in [1.807, 2.05) is 4.90 Å². The molecule has 1 aromatic heterocycles. The molecule has 1 aromatic rings. The van der Waals surface area contributed by atoms with Crippen LogP contribution in [0.2, 0.25) is 0 Å². The first-order chi connectivity index (χ1) is 11.4. The van der Waals surface area contributed by atoms with Crippen LogP contribution in [0.5, 0.6) is 0 Å². The van der Waals surface area contributed by atoms with Crippen LogP contribution in [0.4, 0.5) is 0 Å². The van der Waals surface area contributed by atoms with Crippen LogP contribution in [0, 0.1) is 5.92 Å². The van der Waals surface area contributed by atoms with Crippen LogP contribution in [0.1, 0.15) is 47.4 Å². The Morgan fingerprint density at radius 2 is 1.96 bits per heavy atom. The minimum Gasteiger partial charge on any atom is -0.333 e. The molecular weight excluding hydrogens is 328 g/mol. The summed E-state index contributed by atoms with van der Waals surface area (Å²) >= 11 is 0. The van der Waals surface area contributed by atoms with Crippen LogP contribution in [0.25, 0.3) is 0 Å². The van der Waals surface area contributed by atoms with Crippen LogP contribution in [0.3, 0.4) is 0 Å². The molecule has 3 aliphatic heterocycles. The molecule has 3 fully saturated rings. The molecule has 5 rings (SSSR count). The van der Waals surface area contributed by atoms with Gasteiger partial charge < -0.3 is 4.90 Å². The second-order valence-corrected chi connectivity index (χ2v) is 9.35. The van der Waals surface area contributed by atoms with E-state index in [2.05, 4.69) is 10.2 Å². The van der Waals surface area contributed by atoms with Crippen molar-refractivity contribution >= 4 is 15.9 Å². The Morgan fingerprint density at radius 3 is 2.75 bits per heavy atom. The molecule has 0 spiro atoms. The second-order valence-electron chi connectivity index (χ2n) is 7.37. The largest absolute Gasteiger partial charge is 0.333 e. The average Bonchev–Trinajstić information content (AvgIpc) is 2.74. The Bertz CT molecular complexity index is 757. The molecule has 1 amide bonds. The number of amides is 1. The van der Waals surface area contributed by atoms with E-state index in [0.29, 0.717) is 25.3 Å². The highest BCUT2D eigenvalue weighted by atomic mass is 32.2. The number of piperidine rings is 1. The smallest absolute Gasteiger partial charge is 0.274 e. The zero-order valence-corrected chi connectivity index (χ0v) is 14.8. The Kier molecular flexibility index (Phi) is 3.91. The van der Waals surface area contributed by atoms with Crippen LogP contribution in [-0.2, 0) is 22.9 Å². The van der Waals surface area contributed by atoms with Gasteiger partial charge in [0.2, 0.25) is 10.0 Å². The first-order valence-corrected chi connectivity index (χ1v) is 10.6. The van der Waals surface area contributed by atoms with Crippen molar-refractivity contribution in [3.05, 3.63) is 17.0 Å². The number of aryl methyl sites for hydroxylation is 1. The molecule has 3 saturated heterocycles. The summed E-state index contributed by atoms with van der Waals surface area (Å²) in [6, 6.07) is -0.0399. The highest BCUT2D eigenvalue weighted by molar-refractivity contribution is 7.88. The monoisotopic (exact) mass is 352 g/mol. The lowest BCUT2D eigenvalue weighted by molar-refractivity contribution is 0.0581. The Morgan fingerprint density at radius 1 is 1.17 bits per heavy atom. The Labute approximate surface area is 142 Å². The summed E-state index contributed by atoms with van der Waals surface area (Å²) in [7, 11) is -3.22. The number of rotatable bonds is 2. The summed E-state index contributed by atoms with van der Waals surface area (Å²) in [6.45, 7) is 1.57. The number of hydrogen-bond acceptors (Lipinski definition) is 4. The number of fused-ring (bicyclic) bond motifs is 5. The van der Waals surface area contributed by atoms with Gasteiger partial charge in [0.15, 0.2) is 5.69 Å². The van der Waals surface area contributed by atoms with Crippen molar-refractivity contribution in [3.8, 4) is 0 Å². The summed E-state index contributed by atoms with van der Waals surface area (Å²) in [5.74, 6) is 0.191. The Balaban J connectivity index is 1.61. The molecule has 0 unspecified atom stereocenters. The number of nitrogens with zero attached hydrogens (tertiary/aromatic N) is 3. The van der Waals surface area contributed by atoms with Gasteiger partial charge in [0.05, 0.1) is 6.26 Å². The fourth-order valence-electron chi connectivity index (χ4n) is 4.35. The van der Waals surface area contributed by atoms with Crippen molar-refractivity contribution in [2.24, 2.45) is 5.92 Å². The molecule has 8 heteroatoms. The quantitative estimate of drug-likeness (QED) is 0.852. The van der Waals surface area contributed by atoms with Crippen LogP contribution in [-0.4, -0.2) is 65.7 Å². The minimum absolute atomic E-state index is 0.0283. The highest BCUT2D eigenvalue weighted by Crippen LogP contribution is 2.31. The topological polar surface area (TPSA) is 86.4 Å². The molecule has 1 aliphatic carbocycles. The lowest BCUT2D eigenvalue weighted by atomic mass is 9.92. The fourth-order valence-corrected chi connectivity index (χ4v) is 5.28. The maximum Gasteiger partial charge on any atom is 0.274 e. The average molecular weight is 352 g/mol. The van der Waals surface area contributed by atoms with Crippen LogP contribution >= 0.6 is 0 Å². The molecule has 1 N–H and O–H groups in total. The molecular formula is C16H24N4O3S. The summed E-state index contributed by atoms with van der Waals surface area (Å²) in [5.41, 5.74) is 2.73. The molecule has 0 aromatic carbocycles. The molecule has 132 valence electrons. The van der Waals surface area contributed by atoms with Crippen LogP contribution < -0.4 is 0 Å². The van der Waals surface area contributed by atoms with Gasteiger partial charge in [-0.3, -0.25) is 9.89 Å². The summed E-state index contributed by atoms with van der Waals surface area (Å²) in [6.07, 6.45) is 7.22. The number of aromatic nitrogens is 2. The molecule has 7 nitrogen and oxygen atoms in total. The van der Waals surface area contributed by atoms with Crippen molar-refractivity contribution in [2.45, 2.75) is 44.6 Å². The zero-order valence-electron chi connectivity index (χ0n) is 14.0. The molecule has 2 bridgehead atoms. The van der Waals surface area contributed by atoms with E-state index < -0.39 is 10.0 Å². The van der Waals surface area contributed by atoms with Crippen molar-refractivity contribution in [2.75, 3.05) is 25.9 Å². The van der Waals surface area contributed by atoms with E-state index in [-0.39, 0.29) is 17.9 Å². The van der Waals surface area contributed by atoms with Crippen molar-refractivity contribution < 1.29 is 13.2 Å². The van der Waals surface area contributed by atoms with E-state index in [1.165, 1.54) is 6.26 Å². The molecule has 0 radical (unpaired) electrons. The summed E-state index contributed by atoms with van der Waals surface area (Å²) in [4.78, 5) is 15.0. The SMILES string of the molecule is CS(=O)(=O)N1C[C@H]2CC[C@@H](C1)N(C(=O)c1n[nH]c3c1CCCC3)C2. The van der Waals surface area contributed by atoms with Gasteiger partial charge in [-0.1, -0.05) is 0 Å². The molecule has 4 aliphatic rings. The van der Waals surface area contributed by atoms with E-state index >= 15 is 0 Å². The number of carbonyl (C=O) groups is 1. The van der Waals surface area contributed by atoms with E-state index in [0.717, 1.165) is 49.8 Å². The fraction of sp³-hybridized carbons (Fsp3) is 0.750. The maximum atomic E-state index is 13.1. The van der Waals surface area contributed by atoms with Gasteiger partial charge in [0.1, 0.15) is 0 Å². The third-order valence-corrected chi connectivity index (χ3v) is 6.90. The normalized spacial score (nSPS) is 27.8. The minimum atomic E-state index is -3.22. The van der Waals surface area contributed by atoms with Gasteiger partial charge in [-0.25, -0.2) is 8.42 Å². The van der Waals surface area contributed by atoms with E-state index in [4.69, 9.17) is 0 Å². The number of aromatic amines is 1. The van der Waals surface area contributed by atoms with Crippen LogP contribution in [0.15, 0.2) is 0 Å².